The lowest BCUT2D eigenvalue weighted by atomic mass is 9.79. The van der Waals surface area contributed by atoms with Gasteiger partial charge in [0.1, 0.15) is 12.8 Å². The van der Waals surface area contributed by atoms with Gasteiger partial charge in [0.15, 0.2) is 0 Å². The minimum absolute atomic E-state index is 0.0162. The van der Waals surface area contributed by atoms with Crippen molar-refractivity contribution < 1.29 is 33.3 Å². The molecule has 0 radical (unpaired) electrons. The first-order valence-corrected chi connectivity index (χ1v) is 12.1. The summed E-state index contributed by atoms with van der Waals surface area (Å²) in [6, 6.07) is 15.2. The van der Waals surface area contributed by atoms with Gasteiger partial charge in [-0.15, -0.1) is 5.06 Å². The van der Waals surface area contributed by atoms with Crippen LogP contribution in [0.5, 0.6) is 5.75 Å². The Morgan fingerprint density at radius 2 is 1.54 bits per heavy atom. The maximum absolute atomic E-state index is 13.6. The molecule has 2 aliphatic rings. The van der Waals surface area contributed by atoms with Gasteiger partial charge in [-0.25, -0.2) is 9.59 Å². The summed E-state index contributed by atoms with van der Waals surface area (Å²) in [5, 5.41) is 2.70. The molecular formula is C29H27N2O6+. The normalized spacial score (nSPS) is 16.4. The van der Waals surface area contributed by atoms with E-state index in [1.54, 1.807) is 13.8 Å². The van der Waals surface area contributed by atoms with Gasteiger partial charge in [0.05, 0.1) is 11.0 Å². The molecule has 0 bridgehead atoms. The molecule has 1 fully saturated rings. The Bertz CT molecular complexity index is 1530. The number of hydrogen-bond donors (Lipinski definition) is 0. The highest BCUT2D eigenvalue weighted by Crippen LogP contribution is 2.43. The summed E-state index contributed by atoms with van der Waals surface area (Å²) < 4.78 is 7.80. The standard InChI is InChI=1S/C29H27N2O6/c1-16-14-19(27(34)37-31-22(32)12-13-23(31)33)15-17(2)25(16)36-28(35)26-29(3,4)24-20-9-7-6-8-18(20)10-11-21(24)30(26)5/h6-11,14-15H,12-13H2,1-5H3/q+1. The lowest BCUT2D eigenvalue weighted by Gasteiger charge is -2.19. The van der Waals surface area contributed by atoms with E-state index in [-0.39, 0.29) is 18.4 Å². The Hall–Kier alpha value is -4.33. The van der Waals surface area contributed by atoms with Gasteiger partial charge < -0.3 is 9.57 Å². The van der Waals surface area contributed by atoms with Gasteiger partial charge in [-0.1, -0.05) is 24.3 Å². The zero-order chi connectivity index (χ0) is 26.6. The molecule has 0 aliphatic carbocycles. The fourth-order valence-electron chi connectivity index (χ4n) is 5.41. The molecular weight excluding hydrogens is 472 g/mol. The van der Waals surface area contributed by atoms with Gasteiger partial charge in [0, 0.05) is 24.5 Å². The smallest absolute Gasteiger partial charge is 0.405 e. The molecule has 2 heterocycles. The van der Waals surface area contributed by atoms with Crippen LogP contribution in [-0.4, -0.2) is 46.2 Å². The SMILES string of the molecule is Cc1cc(C(=O)ON2C(=O)CCC2=O)cc(C)c1OC(=O)C1=[N+](C)c2ccc3ccccc3c2C1(C)C. The molecule has 0 aromatic heterocycles. The molecule has 3 aromatic rings. The number of fused-ring (bicyclic) bond motifs is 3. The Morgan fingerprint density at radius 1 is 0.919 bits per heavy atom. The monoisotopic (exact) mass is 499 g/mol. The third-order valence-corrected chi connectivity index (χ3v) is 7.08. The number of benzene rings is 3. The predicted molar refractivity (Wildman–Crippen MR) is 136 cm³/mol. The van der Waals surface area contributed by atoms with Crippen molar-refractivity contribution in [2.75, 3.05) is 7.05 Å². The summed E-state index contributed by atoms with van der Waals surface area (Å²) >= 11 is 0. The van der Waals surface area contributed by atoms with Crippen molar-refractivity contribution in [2.24, 2.45) is 0 Å². The van der Waals surface area contributed by atoms with Crippen LogP contribution in [0, 0.1) is 13.8 Å². The van der Waals surface area contributed by atoms with Crippen LogP contribution in [-0.2, 0) is 24.6 Å². The van der Waals surface area contributed by atoms with Crippen molar-refractivity contribution in [3.05, 3.63) is 70.8 Å². The summed E-state index contributed by atoms with van der Waals surface area (Å²) in [5.41, 5.74) is 3.15. The van der Waals surface area contributed by atoms with E-state index in [2.05, 4.69) is 12.1 Å². The topological polar surface area (TPSA) is 93.0 Å². The number of hydroxylamine groups is 2. The Labute approximate surface area is 214 Å². The molecule has 8 nitrogen and oxygen atoms in total. The Balaban J connectivity index is 1.43. The van der Waals surface area contributed by atoms with Gasteiger partial charge in [-0.3, -0.25) is 9.59 Å². The zero-order valence-corrected chi connectivity index (χ0v) is 21.4. The van der Waals surface area contributed by atoms with Crippen molar-refractivity contribution in [1.29, 1.82) is 0 Å². The van der Waals surface area contributed by atoms with E-state index in [0.29, 0.717) is 27.7 Å². The van der Waals surface area contributed by atoms with Crippen molar-refractivity contribution in [3.8, 4) is 5.75 Å². The quantitative estimate of drug-likeness (QED) is 0.230. The van der Waals surface area contributed by atoms with Gasteiger partial charge in [-0.2, -0.15) is 4.58 Å². The molecule has 0 N–H and O–H groups in total. The molecule has 0 saturated carbocycles. The second-order valence-corrected chi connectivity index (χ2v) is 10.0. The molecule has 1 saturated heterocycles. The first kappa shape index (κ1) is 24.4. The van der Waals surface area contributed by atoms with Crippen LogP contribution in [0.4, 0.5) is 5.69 Å². The van der Waals surface area contributed by atoms with Gasteiger partial charge >= 0.3 is 11.9 Å². The molecule has 5 rings (SSSR count). The largest absolute Gasteiger partial charge is 0.418 e. The summed E-state index contributed by atoms with van der Waals surface area (Å²) in [4.78, 5) is 54.8. The van der Waals surface area contributed by atoms with Gasteiger partial charge in [0.25, 0.3) is 17.5 Å². The van der Waals surface area contributed by atoms with Gasteiger partial charge in [0.2, 0.25) is 5.69 Å². The van der Waals surface area contributed by atoms with Crippen molar-refractivity contribution >= 4 is 45.9 Å². The minimum Gasteiger partial charge on any atom is -0.418 e. The fourth-order valence-corrected chi connectivity index (χ4v) is 5.41. The highest BCUT2D eigenvalue weighted by atomic mass is 16.7. The van der Waals surface area contributed by atoms with Crippen LogP contribution < -0.4 is 4.74 Å². The van der Waals surface area contributed by atoms with E-state index in [1.165, 1.54) is 12.1 Å². The number of rotatable bonds is 4. The molecule has 0 unspecified atom stereocenters. The number of esters is 1. The number of imide groups is 1. The second kappa shape index (κ2) is 8.65. The van der Waals surface area contributed by atoms with E-state index in [9.17, 15) is 19.2 Å². The van der Waals surface area contributed by atoms with Crippen molar-refractivity contribution in [1.82, 2.24) is 5.06 Å². The lowest BCUT2D eigenvalue weighted by Crippen LogP contribution is -2.38. The molecule has 0 atom stereocenters. The number of amides is 2. The third-order valence-electron chi connectivity index (χ3n) is 7.08. The number of hydrogen-bond acceptors (Lipinski definition) is 6. The number of carbonyl (C=O) groups is 4. The molecule has 2 amide bonds. The van der Waals surface area contributed by atoms with Gasteiger partial charge in [-0.05, 0) is 67.8 Å². The maximum Gasteiger partial charge on any atom is 0.405 e. The van der Waals surface area contributed by atoms with Crippen LogP contribution in [0.2, 0.25) is 0 Å². The Morgan fingerprint density at radius 3 is 2.19 bits per heavy atom. The molecule has 8 heteroatoms. The van der Waals surface area contributed by atoms with E-state index < -0.39 is 29.2 Å². The van der Waals surface area contributed by atoms with Crippen LogP contribution in [0.1, 0.15) is 53.7 Å². The summed E-state index contributed by atoms with van der Waals surface area (Å²) in [6.07, 6.45) is 0.0324. The lowest BCUT2D eigenvalue weighted by molar-refractivity contribution is -0.402. The van der Waals surface area contributed by atoms with Crippen LogP contribution in [0.3, 0.4) is 0 Å². The minimum atomic E-state index is -0.832. The zero-order valence-electron chi connectivity index (χ0n) is 21.4. The average Bonchev–Trinajstić information content (AvgIpc) is 3.27. The van der Waals surface area contributed by atoms with E-state index in [0.717, 1.165) is 22.0 Å². The van der Waals surface area contributed by atoms with E-state index in [1.807, 2.05) is 49.7 Å². The van der Waals surface area contributed by atoms with E-state index >= 15 is 0 Å². The fraction of sp³-hybridized carbons (Fsp3) is 0.276. The van der Waals surface area contributed by atoms with E-state index in [4.69, 9.17) is 9.57 Å². The number of aryl methyl sites for hydroxylation is 2. The van der Waals surface area contributed by atoms with Crippen molar-refractivity contribution in [2.45, 2.75) is 46.0 Å². The Kier molecular flexibility index (Phi) is 5.70. The molecule has 0 spiro atoms. The first-order chi connectivity index (χ1) is 17.5. The van der Waals surface area contributed by atoms with Crippen LogP contribution in [0.15, 0.2) is 48.5 Å². The van der Waals surface area contributed by atoms with Crippen LogP contribution >= 0.6 is 0 Å². The highest BCUT2D eigenvalue weighted by Gasteiger charge is 2.50. The summed E-state index contributed by atoms with van der Waals surface area (Å²) in [6.45, 7) is 7.46. The number of carbonyl (C=O) groups excluding carboxylic acids is 4. The third kappa shape index (κ3) is 3.89. The molecule has 188 valence electrons. The average molecular weight is 500 g/mol. The maximum atomic E-state index is 13.6. The molecule has 37 heavy (non-hydrogen) atoms. The summed E-state index contributed by atoms with van der Waals surface area (Å²) in [5.74, 6) is -2.08. The first-order valence-electron chi connectivity index (χ1n) is 12.1. The van der Waals surface area contributed by atoms with Crippen LogP contribution in [0.25, 0.3) is 10.8 Å². The number of nitrogens with zero attached hydrogens (tertiary/aromatic N) is 2. The summed E-state index contributed by atoms with van der Waals surface area (Å²) in [7, 11) is 1.86. The van der Waals surface area contributed by atoms with Crippen molar-refractivity contribution in [3.63, 3.8) is 0 Å². The molecule has 3 aromatic carbocycles. The molecule has 2 aliphatic heterocycles. The highest BCUT2D eigenvalue weighted by molar-refractivity contribution is 6.40. The number of ether oxygens (including phenoxy) is 1. The second-order valence-electron chi connectivity index (χ2n) is 10.0. The predicted octanol–water partition coefficient (Wildman–Crippen LogP) is 4.29.